The predicted octanol–water partition coefficient (Wildman–Crippen LogP) is 4.51. The van der Waals surface area contributed by atoms with E-state index in [2.05, 4.69) is 29.9 Å². The van der Waals surface area contributed by atoms with Gasteiger partial charge in [0.15, 0.2) is 0 Å². The van der Waals surface area contributed by atoms with E-state index in [4.69, 9.17) is 4.74 Å². The number of ether oxygens (including phenoxy) is 1. The van der Waals surface area contributed by atoms with Crippen LogP contribution in [0.25, 0.3) is 22.3 Å². The Morgan fingerprint density at radius 3 is 2.61 bits per heavy atom. The molecule has 0 aliphatic carbocycles. The van der Waals surface area contributed by atoms with Crippen molar-refractivity contribution in [3.8, 4) is 11.4 Å². The van der Waals surface area contributed by atoms with Gasteiger partial charge in [-0.2, -0.15) is 18.2 Å². The van der Waals surface area contributed by atoms with Crippen LogP contribution >= 0.6 is 0 Å². The standard InChI is InChI=1S/C21H17F3N6O3/c1-30(2)18-12(5-3-10-26-18)11-32-20(31)27-15-8-7-14(16-13(15)6-4-9-25-16)17-28-19(33-29-17)21(22,23)24/h3-10H,11H2,1-2H3,(H,27,31). The highest BCUT2D eigenvalue weighted by Gasteiger charge is 2.38. The Morgan fingerprint density at radius 2 is 1.88 bits per heavy atom. The number of pyridine rings is 2. The molecule has 0 aliphatic rings. The van der Waals surface area contributed by atoms with Crippen molar-refractivity contribution < 1.29 is 27.2 Å². The minimum absolute atomic E-state index is 0.00939. The highest BCUT2D eigenvalue weighted by atomic mass is 19.4. The highest BCUT2D eigenvalue weighted by molar-refractivity contribution is 6.03. The molecule has 3 aromatic heterocycles. The lowest BCUT2D eigenvalue weighted by molar-refractivity contribution is -0.159. The van der Waals surface area contributed by atoms with Gasteiger partial charge in [-0.05, 0) is 30.3 Å². The number of nitrogens with one attached hydrogen (secondary N) is 1. The number of anilines is 2. The van der Waals surface area contributed by atoms with Crippen LogP contribution in [0.15, 0.2) is 53.3 Å². The van der Waals surface area contributed by atoms with Gasteiger partial charge in [-0.15, -0.1) is 0 Å². The molecule has 0 unspecified atom stereocenters. The summed E-state index contributed by atoms with van der Waals surface area (Å²) < 4.78 is 48.1. The van der Waals surface area contributed by atoms with Crippen LogP contribution in [0.3, 0.4) is 0 Å². The molecule has 4 aromatic rings. The van der Waals surface area contributed by atoms with Crippen molar-refractivity contribution in [2.75, 3.05) is 24.3 Å². The molecule has 0 radical (unpaired) electrons. The lowest BCUT2D eigenvalue weighted by Gasteiger charge is -2.16. The summed E-state index contributed by atoms with van der Waals surface area (Å²) in [6.45, 7) is -0.00939. The number of fused-ring (bicyclic) bond motifs is 1. The van der Waals surface area contributed by atoms with Crippen LogP contribution in [0, 0.1) is 0 Å². The number of carbonyl (C=O) groups is 1. The van der Waals surface area contributed by atoms with Gasteiger partial charge in [-0.25, -0.2) is 9.78 Å². The molecule has 1 amide bonds. The maximum Gasteiger partial charge on any atom is 0.471 e. The number of aromatic nitrogens is 4. The Kier molecular flexibility index (Phi) is 5.82. The van der Waals surface area contributed by atoms with Gasteiger partial charge in [0.25, 0.3) is 0 Å². The zero-order valence-corrected chi connectivity index (χ0v) is 17.4. The number of alkyl halides is 3. The molecular formula is C21H17F3N6O3. The third-order valence-corrected chi connectivity index (χ3v) is 4.57. The molecule has 1 aromatic carbocycles. The number of hydrogen-bond donors (Lipinski definition) is 1. The summed E-state index contributed by atoms with van der Waals surface area (Å²) in [7, 11) is 3.65. The van der Waals surface area contributed by atoms with Gasteiger partial charge in [-0.1, -0.05) is 11.2 Å². The number of hydrogen-bond acceptors (Lipinski definition) is 8. The van der Waals surface area contributed by atoms with Crippen LogP contribution in [0.5, 0.6) is 0 Å². The predicted molar refractivity (Wildman–Crippen MR) is 112 cm³/mol. The first-order valence-electron chi connectivity index (χ1n) is 9.58. The zero-order valence-electron chi connectivity index (χ0n) is 17.4. The quantitative estimate of drug-likeness (QED) is 0.466. The molecule has 0 atom stereocenters. The Hall–Kier alpha value is -4.22. The van der Waals surface area contributed by atoms with Crippen LogP contribution in [0.4, 0.5) is 29.5 Å². The molecule has 0 saturated carbocycles. The average molecular weight is 458 g/mol. The van der Waals surface area contributed by atoms with E-state index in [0.29, 0.717) is 16.9 Å². The van der Waals surface area contributed by atoms with Crippen LogP contribution in [0.1, 0.15) is 11.5 Å². The van der Waals surface area contributed by atoms with Crippen molar-refractivity contribution in [3.63, 3.8) is 0 Å². The van der Waals surface area contributed by atoms with Gasteiger partial charge in [-0.3, -0.25) is 10.3 Å². The molecule has 12 heteroatoms. The normalized spacial score (nSPS) is 11.4. The number of benzene rings is 1. The van der Waals surface area contributed by atoms with Gasteiger partial charge in [0.1, 0.15) is 12.4 Å². The van der Waals surface area contributed by atoms with Gasteiger partial charge < -0.3 is 14.2 Å². The van der Waals surface area contributed by atoms with E-state index < -0.39 is 18.2 Å². The number of halogens is 3. The summed E-state index contributed by atoms with van der Waals surface area (Å²) in [4.78, 5) is 26.1. The van der Waals surface area contributed by atoms with Crippen molar-refractivity contribution in [2.24, 2.45) is 0 Å². The number of rotatable bonds is 5. The van der Waals surface area contributed by atoms with E-state index in [1.807, 2.05) is 14.1 Å². The van der Waals surface area contributed by atoms with Crippen molar-refractivity contribution in [3.05, 3.63) is 60.2 Å². The Bertz CT molecular complexity index is 1310. The Balaban J connectivity index is 1.57. The van der Waals surface area contributed by atoms with Crippen molar-refractivity contribution in [1.82, 2.24) is 20.1 Å². The molecule has 33 heavy (non-hydrogen) atoms. The SMILES string of the molecule is CN(C)c1ncccc1COC(=O)Nc1ccc(-c2noc(C(F)(F)F)n2)c2ncccc12. The number of nitrogens with zero attached hydrogens (tertiary/aromatic N) is 5. The van der Waals surface area contributed by atoms with Crippen LogP contribution < -0.4 is 10.2 Å². The molecular weight excluding hydrogens is 441 g/mol. The summed E-state index contributed by atoms with van der Waals surface area (Å²) in [5, 5.41) is 6.50. The summed E-state index contributed by atoms with van der Waals surface area (Å²) in [5.41, 5.74) is 1.57. The number of amides is 1. The second-order valence-corrected chi connectivity index (χ2v) is 7.06. The highest BCUT2D eigenvalue weighted by Crippen LogP contribution is 2.33. The maximum atomic E-state index is 12.8. The lowest BCUT2D eigenvalue weighted by atomic mass is 10.1. The third-order valence-electron chi connectivity index (χ3n) is 4.57. The van der Waals surface area contributed by atoms with Crippen molar-refractivity contribution in [1.29, 1.82) is 0 Å². The van der Waals surface area contributed by atoms with E-state index in [1.54, 1.807) is 35.4 Å². The molecule has 170 valence electrons. The molecule has 0 saturated heterocycles. The first-order chi connectivity index (χ1) is 15.7. The molecule has 0 spiro atoms. The second kappa shape index (κ2) is 8.73. The topological polar surface area (TPSA) is 106 Å². The fourth-order valence-electron chi connectivity index (χ4n) is 3.15. The summed E-state index contributed by atoms with van der Waals surface area (Å²) in [6.07, 6.45) is -2.38. The van der Waals surface area contributed by atoms with Crippen LogP contribution in [0.2, 0.25) is 0 Å². The molecule has 9 nitrogen and oxygen atoms in total. The molecule has 4 rings (SSSR count). The zero-order chi connectivity index (χ0) is 23.6. The van der Waals surface area contributed by atoms with Crippen molar-refractivity contribution >= 4 is 28.5 Å². The van der Waals surface area contributed by atoms with Crippen LogP contribution in [-0.2, 0) is 17.5 Å². The largest absolute Gasteiger partial charge is 0.471 e. The minimum Gasteiger partial charge on any atom is -0.444 e. The molecule has 0 fully saturated rings. The van der Waals surface area contributed by atoms with E-state index in [1.165, 1.54) is 18.3 Å². The van der Waals surface area contributed by atoms with E-state index in [0.717, 1.165) is 5.56 Å². The summed E-state index contributed by atoms with van der Waals surface area (Å²) >= 11 is 0. The fraction of sp³-hybridized carbons (Fsp3) is 0.190. The van der Waals surface area contributed by atoms with Crippen molar-refractivity contribution in [2.45, 2.75) is 12.8 Å². The third kappa shape index (κ3) is 4.68. The Labute approximate surface area is 185 Å². The first-order valence-corrected chi connectivity index (χ1v) is 9.58. The van der Waals surface area contributed by atoms with Crippen LogP contribution in [-0.4, -0.2) is 40.3 Å². The summed E-state index contributed by atoms with van der Waals surface area (Å²) in [6, 6.07) is 9.75. The average Bonchev–Trinajstić information content (AvgIpc) is 3.29. The summed E-state index contributed by atoms with van der Waals surface area (Å²) in [5.74, 6) is -1.06. The molecule has 1 N–H and O–H groups in total. The number of carbonyl (C=O) groups excluding carboxylic acids is 1. The van der Waals surface area contributed by atoms with Gasteiger partial charge in [0, 0.05) is 43.0 Å². The monoisotopic (exact) mass is 458 g/mol. The van der Waals surface area contributed by atoms with Gasteiger partial charge in [0.05, 0.1) is 11.2 Å². The smallest absolute Gasteiger partial charge is 0.444 e. The van der Waals surface area contributed by atoms with E-state index in [9.17, 15) is 18.0 Å². The fourth-order valence-corrected chi connectivity index (χ4v) is 3.15. The minimum atomic E-state index is -4.76. The molecule has 0 bridgehead atoms. The Morgan fingerprint density at radius 1 is 1.12 bits per heavy atom. The lowest BCUT2D eigenvalue weighted by Crippen LogP contribution is -2.17. The van der Waals surface area contributed by atoms with E-state index >= 15 is 0 Å². The van der Waals surface area contributed by atoms with E-state index in [-0.39, 0.29) is 23.5 Å². The molecule has 0 aliphatic heterocycles. The second-order valence-electron chi connectivity index (χ2n) is 7.06. The van der Waals surface area contributed by atoms with Gasteiger partial charge in [0.2, 0.25) is 5.82 Å². The molecule has 3 heterocycles. The maximum absolute atomic E-state index is 12.8. The first kappa shape index (κ1) is 22.0. The van der Waals surface area contributed by atoms with Gasteiger partial charge >= 0.3 is 18.2 Å².